The maximum Gasteiger partial charge on any atom is 0.321 e. The molecule has 9 nitrogen and oxygen atoms in total. The molecule has 3 heterocycles. The molecule has 4 rings (SSSR count). The van der Waals surface area contributed by atoms with Crippen LogP contribution in [-0.4, -0.2) is 59.1 Å². The van der Waals surface area contributed by atoms with Gasteiger partial charge < -0.3 is 25.2 Å². The molecule has 0 bridgehead atoms. The summed E-state index contributed by atoms with van der Waals surface area (Å²) in [6.07, 6.45) is 6.29. The third kappa shape index (κ3) is 4.08. The van der Waals surface area contributed by atoms with Gasteiger partial charge in [0.25, 0.3) is 5.91 Å². The van der Waals surface area contributed by atoms with Crippen LogP contribution in [0.5, 0.6) is 5.75 Å². The van der Waals surface area contributed by atoms with Crippen molar-refractivity contribution in [1.82, 2.24) is 14.9 Å². The monoisotopic (exact) mass is 396 g/mol. The minimum atomic E-state index is -0.526. The second-order valence-corrected chi connectivity index (χ2v) is 7.28. The summed E-state index contributed by atoms with van der Waals surface area (Å²) in [4.78, 5) is 36.9. The van der Waals surface area contributed by atoms with Crippen LogP contribution >= 0.6 is 0 Å². The highest BCUT2D eigenvalue weighted by atomic mass is 16.5. The molecule has 2 aromatic rings. The highest BCUT2D eigenvalue weighted by Gasteiger charge is 2.27. The largest absolute Gasteiger partial charge is 0.479 e. The van der Waals surface area contributed by atoms with Crippen molar-refractivity contribution >= 4 is 29.1 Å². The number of carbonyl (C=O) groups is 2. The summed E-state index contributed by atoms with van der Waals surface area (Å²) in [6, 6.07) is 5.19. The Balaban J connectivity index is 1.34. The summed E-state index contributed by atoms with van der Waals surface area (Å²) < 4.78 is 5.54. The van der Waals surface area contributed by atoms with Crippen LogP contribution in [0.1, 0.15) is 19.8 Å². The van der Waals surface area contributed by atoms with Gasteiger partial charge in [0.15, 0.2) is 6.10 Å². The van der Waals surface area contributed by atoms with Crippen LogP contribution in [0, 0.1) is 0 Å². The first-order chi connectivity index (χ1) is 14.0. The van der Waals surface area contributed by atoms with Gasteiger partial charge in [-0.1, -0.05) is 0 Å². The number of urea groups is 1. The molecule has 0 saturated carbocycles. The maximum absolute atomic E-state index is 12.7. The Morgan fingerprint density at radius 1 is 1.31 bits per heavy atom. The van der Waals surface area contributed by atoms with Gasteiger partial charge in [-0.3, -0.25) is 9.78 Å². The van der Waals surface area contributed by atoms with E-state index < -0.39 is 6.10 Å². The van der Waals surface area contributed by atoms with Gasteiger partial charge >= 0.3 is 6.03 Å². The molecule has 2 aliphatic rings. The van der Waals surface area contributed by atoms with Crippen molar-refractivity contribution in [2.45, 2.75) is 31.9 Å². The van der Waals surface area contributed by atoms with E-state index in [1.54, 1.807) is 48.6 Å². The molecule has 3 amide bonds. The summed E-state index contributed by atoms with van der Waals surface area (Å²) in [7, 11) is 1.81. The standard InChI is InChI=1S/C20H24N6O3/c1-13-19(27)24-16-11-14(3-4-17(16)29-13)23-20(28)25(2)15-5-9-26(10-6-15)18-12-21-7-8-22-18/h3-4,7-8,11-13,15H,5-6,9-10H2,1-2H3,(H,23,28)(H,24,27). The SMILES string of the molecule is CC1Oc2ccc(NC(=O)N(C)C3CCN(c4cnccn4)CC3)cc2NC1=O. The molecule has 2 aliphatic heterocycles. The van der Waals surface area contributed by atoms with E-state index in [-0.39, 0.29) is 18.0 Å². The van der Waals surface area contributed by atoms with Crippen LogP contribution < -0.4 is 20.3 Å². The second-order valence-electron chi connectivity index (χ2n) is 7.28. The number of amides is 3. The number of nitrogens with zero attached hydrogens (tertiary/aromatic N) is 4. The number of ether oxygens (including phenoxy) is 1. The highest BCUT2D eigenvalue weighted by Crippen LogP contribution is 2.32. The minimum absolute atomic E-state index is 0.143. The van der Waals surface area contributed by atoms with E-state index in [1.165, 1.54) is 0 Å². The van der Waals surface area contributed by atoms with Crippen molar-refractivity contribution in [3.8, 4) is 5.75 Å². The second kappa shape index (κ2) is 7.94. The van der Waals surface area contributed by atoms with Crippen molar-refractivity contribution < 1.29 is 14.3 Å². The first-order valence-electron chi connectivity index (χ1n) is 9.67. The van der Waals surface area contributed by atoms with Crippen molar-refractivity contribution in [3.63, 3.8) is 0 Å². The third-order valence-electron chi connectivity index (χ3n) is 5.37. The lowest BCUT2D eigenvalue weighted by Gasteiger charge is -2.37. The first-order valence-corrected chi connectivity index (χ1v) is 9.67. The van der Waals surface area contributed by atoms with Crippen LogP contribution in [0.15, 0.2) is 36.8 Å². The molecule has 0 radical (unpaired) electrons. The van der Waals surface area contributed by atoms with E-state index in [1.807, 2.05) is 7.05 Å². The van der Waals surface area contributed by atoms with Crippen molar-refractivity contribution in [2.24, 2.45) is 0 Å². The summed E-state index contributed by atoms with van der Waals surface area (Å²) >= 11 is 0. The van der Waals surface area contributed by atoms with Gasteiger partial charge in [0.1, 0.15) is 11.6 Å². The molecular formula is C20H24N6O3. The number of carbonyl (C=O) groups excluding carboxylic acids is 2. The number of fused-ring (bicyclic) bond motifs is 1. The molecule has 2 N–H and O–H groups in total. The fourth-order valence-electron chi connectivity index (χ4n) is 3.60. The van der Waals surface area contributed by atoms with E-state index in [2.05, 4.69) is 25.5 Å². The smallest absolute Gasteiger partial charge is 0.321 e. The zero-order valence-corrected chi connectivity index (χ0v) is 16.5. The summed E-state index contributed by atoms with van der Waals surface area (Å²) in [5, 5.41) is 5.69. The molecule has 1 atom stereocenters. The van der Waals surface area contributed by atoms with Gasteiger partial charge in [0.2, 0.25) is 0 Å². The molecule has 9 heteroatoms. The quantitative estimate of drug-likeness (QED) is 0.826. The number of hydrogen-bond acceptors (Lipinski definition) is 6. The number of anilines is 3. The minimum Gasteiger partial charge on any atom is -0.479 e. The lowest BCUT2D eigenvalue weighted by Crippen LogP contribution is -2.47. The van der Waals surface area contributed by atoms with E-state index in [4.69, 9.17) is 4.74 Å². The number of aromatic nitrogens is 2. The Morgan fingerprint density at radius 3 is 2.83 bits per heavy atom. The Morgan fingerprint density at radius 2 is 2.10 bits per heavy atom. The van der Waals surface area contributed by atoms with Crippen LogP contribution in [-0.2, 0) is 4.79 Å². The van der Waals surface area contributed by atoms with Crippen molar-refractivity contribution in [1.29, 1.82) is 0 Å². The normalized spacial score (nSPS) is 19.0. The van der Waals surface area contributed by atoms with Crippen LogP contribution in [0.25, 0.3) is 0 Å². The summed E-state index contributed by atoms with van der Waals surface area (Å²) in [6.45, 7) is 3.33. The number of benzene rings is 1. The third-order valence-corrected chi connectivity index (χ3v) is 5.37. The van der Waals surface area contributed by atoms with Crippen LogP contribution in [0.3, 0.4) is 0 Å². The average Bonchev–Trinajstić information content (AvgIpc) is 2.75. The number of nitrogens with one attached hydrogen (secondary N) is 2. The zero-order chi connectivity index (χ0) is 20.4. The van der Waals surface area contributed by atoms with Gasteiger partial charge in [0.05, 0.1) is 11.9 Å². The zero-order valence-electron chi connectivity index (χ0n) is 16.5. The Labute approximate surface area is 169 Å². The van der Waals surface area contributed by atoms with Crippen molar-refractivity contribution in [2.75, 3.05) is 35.7 Å². The molecular weight excluding hydrogens is 372 g/mol. The topological polar surface area (TPSA) is 99.7 Å². The molecule has 1 unspecified atom stereocenters. The van der Waals surface area contributed by atoms with Gasteiger partial charge in [-0.25, -0.2) is 9.78 Å². The fourth-order valence-corrected chi connectivity index (χ4v) is 3.60. The highest BCUT2D eigenvalue weighted by molar-refractivity contribution is 5.99. The van der Waals surface area contributed by atoms with Gasteiger partial charge in [-0.2, -0.15) is 0 Å². The molecule has 0 spiro atoms. The number of piperidine rings is 1. The van der Waals surface area contributed by atoms with Gasteiger partial charge in [-0.05, 0) is 38.0 Å². The molecule has 1 saturated heterocycles. The summed E-state index contributed by atoms with van der Waals surface area (Å²) in [5.74, 6) is 1.26. The molecule has 1 aromatic carbocycles. The van der Waals surface area contributed by atoms with E-state index >= 15 is 0 Å². The molecule has 152 valence electrons. The van der Waals surface area contributed by atoms with Crippen molar-refractivity contribution in [3.05, 3.63) is 36.8 Å². The number of rotatable bonds is 3. The number of hydrogen-bond donors (Lipinski definition) is 2. The van der Waals surface area contributed by atoms with Crippen LogP contribution in [0.2, 0.25) is 0 Å². The predicted octanol–water partition coefficient (Wildman–Crippen LogP) is 2.33. The first kappa shape index (κ1) is 19.0. The molecule has 0 aliphatic carbocycles. The van der Waals surface area contributed by atoms with Gasteiger partial charge in [0, 0.05) is 44.3 Å². The van der Waals surface area contributed by atoms with Gasteiger partial charge in [-0.15, -0.1) is 0 Å². The lowest BCUT2D eigenvalue weighted by atomic mass is 10.0. The van der Waals surface area contributed by atoms with E-state index in [0.717, 1.165) is 31.7 Å². The maximum atomic E-state index is 12.7. The Kier molecular flexibility index (Phi) is 5.20. The predicted molar refractivity (Wildman–Crippen MR) is 109 cm³/mol. The van der Waals surface area contributed by atoms with Crippen LogP contribution in [0.4, 0.5) is 22.0 Å². The summed E-state index contributed by atoms with van der Waals surface area (Å²) in [5.41, 5.74) is 1.17. The van der Waals surface area contributed by atoms with E-state index in [0.29, 0.717) is 17.1 Å². The fraction of sp³-hybridized carbons (Fsp3) is 0.400. The molecule has 29 heavy (non-hydrogen) atoms. The molecule has 1 fully saturated rings. The Bertz CT molecular complexity index is 898. The average molecular weight is 396 g/mol. The molecule has 1 aromatic heterocycles. The van der Waals surface area contributed by atoms with E-state index in [9.17, 15) is 9.59 Å². The Hall–Kier alpha value is -3.36. The lowest BCUT2D eigenvalue weighted by molar-refractivity contribution is -0.122.